The van der Waals surface area contributed by atoms with Crippen molar-refractivity contribution >= 4 is 17.5 Å². The lowest BCUT2D eigenvalue weighted by Crippen LogP contribution is -2.32. The lowest BCUT2D eigenvalue weighted by atomic mass is 9.96. The summed E-state index contributed by atoms with van der Waals surface area (Å²) >= 11 is 0. The average Bonchev–Trinajstić information content (AvgIpc) is 2.59. The number of rotatable bonds is 2. The lowest BCUT2D eigenvalue weighted by Gasteiger charge is -2.13. The number of likely N-dealkylation sites (tertiary alicyclic amines) is 1. The van der Waals surface area contributed by atoms with Gasteiger partial charge in [-0.3, -0.25) is 9.59 Å². The second-order valence-corrected chi connectivity index (χ2v) is 4.76. The van der Waals surface area contributed by atoms with Crippen molar-refractivity contribution in [2.75, 3.05) is 18.9 Å². The van der Waals surface area contributed by atoms with Crippen LogP contribution in [0.3, 0.4) is 0 Å². The van der Waals surface area contributed by atoms with E-state index in [1.165, 1.54) is 17.0 Å². The molecule has 2 amide bonds. The maximum Gasteiger partial charge on any atom is 0.237 e. The van der Waals surface area contributed by atoms with E-state index in [0.29, 0.717) is 6.54 Å². The highest BCUT2D eigenvalue weighted by molar-refractivity contribution is 6.07. The number of hydrogen-bond acceptors (Lipinski definition) is 2. The second kappa shape index (κ2) is 4.95. The molecule has 0 saturated carbocycles. The minimum Gasteiger partial charge on any atom is -0.345 e. The Balaban J connectivity index is 2.18. The molecular formula is C13H14F2N2O2. The van der Waals surface area contributed by atoms with Crippen LogP contribution in [0.15, 0.2) is 18.2 Å². The molecule has 6 heteroatoms. The van der Waals surface area contributed by atoms with Gasteiger partial charge in [-0.2, -0.15) is 0 Å². The predicted molar refractivity (Wildman–Crippen MR) is 65.3 cm³/mol. The topological polar surface area (TPSA) is 49.4 Å². The first-order valence-electron chi connectivity index (χ1n) is 5.91. The molecule has 1 aromatic carbocycles. The number of hydrogen-bond donors (Lipinski definition) is 1. The quantitative estimate of drug-likeness (QED) is 0.829. The van der Waals surface area contributed by atoms with E-state index < -0.39 is 23.5 Å². The SMILES string of the molecule is CC1CN(C)C(=O)C1C(=O)Nc1cccc(F)c1F. The maximum atomic E-state index is 13.4. The summed E-state index contributed by atoms with van der Waals surface area (Å²) in [5.41, 5.74) is -0.250. The highest BCUT2D eigenvalue weighted by atomic mass is 19.2. The van der Waals surface area contributed by atoms with Gasteiger partial charge in [0.25, 0.3) is 0 Å². The van der Waals surface area contributed by atoms with E-state index in [0.717, 1.165) is 6.07 Å². The Morgan fingerprint density at radius 3 is 2.68 bits per heavy atom. The summed E-state index contributed by atoms with van der Waals surface area (Å²) in [7, 11) is 1.61. The van der Waals surface area contributed by atoms with Crippen molar-refractivity contribution in [1.29, 1.82) is 0 Å². The third kappa shape index (κ3) is 2.43. The Morgan fingerprint density at radius 2 is 2.11 bits per heavy atom. The van der Waals surface area contributed by atoms with Crippen molar-refractivity contribution in [3.63, 3.8) is 0 Å². The van der Waals surface area contributed by atoms with Crippen molar-refractivity contribution in [3.05, 3.63) is 29.8 Å². The summed E-state index contributed by atoms with van der Waals surface area (Å²) in [6, 6.07) is 3.51. The first-order valence-corrected chi connectivity index (χ1v) is 5.91. The second-order valence-electron chi connectivity index (χ2n) is 4.76. The van der Waals surface area contributed by atoms with Crippen LogP contribution in [0.2, 0.25) is 0 Å². The van der Waals surface area contributed by atoms with Gasteiger partial charge in [0, 0.05) is 13.6 Å². The van der Waals surface area contributed by atoms with Crippen molar-refractivity contribution in [1.82, 2.24) is 4.90 Å². The summed E-state index contributed by atoms with van der Waals surface area (Å²) in [5.74, 6) is -4.09. The van der Waals surface area contributed by atoms with Crippen molar-refractivity contribution in [2.45, 2.75) is 6.92 Å². The molecular weight excluding hydrogens is 254 g/mol. The van der Waals surface area contributed by atoms with E-state index in [4.69, 9.17) is 0 Å². The van der Waals surface area contributed by atoms with Gasteiger partial charge in [-0.05, 0) is 18.1 Å². The predicted octanol–water partition coefficient (Wildman–Crippen LogP) is 1.63. The molecule has 1 N–H and O–H groups in total. The number of amides is 2. The molecule has 102 valence electrons. The van der Waals surface area contributed by atoms with E-state index in [2.05, 4.69) is 5.32 Å². The van der Waals surface area contributed by atoms with Crippen LogP contribution in [0.25, 0.3) is 0 Å². The number of nitrogens with zero attached hydrogens (tertiary/aromatic N) is 1. The molecule has 1 aromatic rings. The summed E-state index contributed by atoms with van der Waals surface area (Å²) in [6.07, 6.45) is 0. The highest BCUT2D eigenvalue weighted by Gasteiger charge is 2.41. The minimum absolute atomic E-state index is 0.158. The van der Waals surface area contributed by atoms with E-state index in [1.54, 1.807) is 14.0 Å². The molecule has 19 heavy (non-hydrogen) atoms. The number of nitrogens with one attached hydrogen (secondary N) is 1. The van der Waals surface area contributed by atoms with Gasteiger partial charge in [-0.15, -0.1) is 0 Å². The molecule has 1 aliphatic heterocycles. The van der Waals surface area contributed by atoms with Gasteiger partial charge >= 0.3 is 0 Å². The van der Waals surface area contributed by atoms with Crippen LogP contribution in [0, 0.1) is 23.5 Å². The van der Waals surface area contributed by atoms with Gasteiger partial charge in [0.1, 0.15) is 5.92 Å². The molecule has 4 nitrogen and oxygen atoms in total. The summed E-state index contributed by atoms with van der Waals surface area (Å²) in [5, 5.41) is 2.27. The van der Waals surface area contributed by atoms with E-state index >= 15 is 0 Å². The average molecular weight is 268 g/mol. The molecule has 2 rings (SSSR count). The minimum atomic E-state index is -1.12. The number of carbonyl (C=O) groups excluding carboxylic acids is 2. The summed E-state index contributed by atoms with van der Waals surface area (Å²) < 4.78 is 26.5. The van der Waals surface area contributed by atoms with Crippen LogP contribution in [-0.4, -0.2) is 30.3 Å². The van der Waals surface area contributed by atoms with Crippen LogP contribution in [0.4, 0.5) is 14.5 Å². The molecule has 1 saturated heterocycles. The standard InChI is InChI=1S/C13H14F2N2O2/c1-7-6-17(2)13(19)10(7)12(18)16-9-5-3-4-8(14)11(9)15/h3-5,7,10H,6H2,1-2H3,(H,16,18). The van der Waals surface area contributed by atoms with Crippen LogP contribution >= 0.6 is 0 Å². The van der Waals surface area contributed by atoms with Crippen LogP contribution < -0.4 is 5.32 Å². The Morgan fingerprint density at radius 1 is 1.42 bits per heavy atom. The monoisotopic (exact) mass is 268 g/mol. The van der Waals surface area contributed by atoms with Gasteiger partial charge in [0.05, 0.1) is 5.69 Å². The van der Waals surface area contributed by atoms with Crippen LogP contribution in [0.1, 0.15) is 6.92 Å². The Labute approximate surface area is 109 Å². The molecule has 2 atom stereocenters. The first kappa shape index (κ1) is 13.5. The van der Waals surface area contributed by atoms with E-state index in [9.17, 15) is 18.4 Å². The van der Waals surface area contributed by atoms with Gasteiger partial charge < -0.3 is 10.2 Å². The van der Waals surface area contributed by atoms with Gasteiger partial charge in [-0.1, -0.05) is 13.0 Å². The number of halogens is 2. The number of anilines is 1. The zero-order valence-corrected chi connectivity index (χ0v) is 10.6. The van der Waals surface area contributed by atoms with Crippen molar-refractivity contribution < 1.29 is 18.4 Å². The summed E-state index contributed by atoms with van der Waals surface area (Å²) in [6.45, 7) is 2.25. The Kier molecular flexibility index (Phi) is 3.50. The smallest absolute Gasteiger partial charge is 0.237 e. The fourth-order valence-electron chi connectivity index (χ4n) is 2.29. The molecule has 0 aliphatic carbocycles. The zero-order valence-electron chi connectivity index (χ0n) is 10.6. The van der Waals surface area contributed by atoms with E-state index in [1.807, 2.05) is 0 Å². The zero-order chi connectivity index (χ0) is 14.2. The first-order chi connectivity index (χ1) is 8.91. The molecule has 0 bridgehead atoms. The Hall–Kier alpha value is -1.98. The molecule has 1 heterocycles. The van der Waals surface area contributed by atoms with Crippen LogP contribution in [-0.2, 0) is 9.59 Å². The van der Waals surface area contributed by atoms with Crippen molar-refractivity contribution in [3.8, 4) is 0 Å². The Bertz CT molecular complexity index is 533. The molecule has 2 unspecified atom stereocenters. The van der Waals surface area contributed by atoms with Gasteiger partial charge in [0.15, 0.2) is 11.6 Å². The van der Waals surface area contributed by atoms with Crippen molar-refractivity contribution in [2.24, 2.45) is 11.8 Å². The fraction of sp³-hybridized carbons (Fsp3) is 0.385. The van der Waals surface area contributed by atoms with Gasteiger partial charge in [0.2, 0.25) is 11.8 Å². The van der Waals surface area contributed by atoms with Gasteiger partial charge in [-0.25, -0.2) is 8.78 Å². The van der Waals surface area contributed by atoms with E-state index in [-0.39, 0.29) is 17.5 Å². The fourth-order valence-corrected chi connectivity index (χ4v) is 2.29. The summed E-state index contributed by atoms with van der Waals surface area (Å²) in [4.78, 5) is 25.2. The third-order valence-corrected chi connectivity index (χ3v) is 3.27. The molecule has 0 aromatic heterocycles. The molecule has 0 radical (unpaired) electrons. The number of benzene rings is 1. The third-order valence-electron chi connectivity index (χ3n) is 3.27. The maximum absolute atomic E-state index is 13.4. The number of carbonyl (C=O) groups is 2. The largest absolute Gasteiger partial charge is 0.345 e. The lowest BCUT2D eigenvalue weighted by molar-refractivity contribution is -0.135. The molecule has 0 spiro atoms. The molecule has 1 fully saturated rings. The highest BCUT2D eigenvalue weighted by Crippen LogP contribution is 2.25. The normalized spacial score (nSPS) is 22.7. The molecule has 1 aliphatic rings. The van der Waals surface area contributed by atoms with Crippen LogP contribution in [0.5, 0.6) is 0 Å².